The number of nitrogens with one attached hydrogen (secondary N) is 2. The Hall–Kier alpha value is -1.35. The van der Waals surface area contributed by atoms with E-state index < -0.39 is 0 Å². The summed E-state index contributed by atoms with van der Waals surface area (Å²) in [6, 6.07) is 8.33. The minimum Gasteiger partial charge on any atom is -0.379 e. The lowest BCUT2D eigenvalue weighted by Gasteiger charge is -2.26. The summed E-state index contributed by atoms with van der Waals surface area (Å²) < 4.78 is 13.1. The molecule has 4 rings (SSSR count). The van der Waals surface area contributed by atoms with E-state index in [-0.39, 0.29) is 36.8 Å². The van der Waals surface area contributed by atoms with E-state index in [0.717, 1.165) is 63.6 Å². The van der Waals surface area contributed by atoms with Gasteiger partial charge in [-0.15, -0.1) is 24.8 Å². The smallest absolute Gasteiger partial charge is 0.226 e. The summed E-state index contributed by atoms with van der Waals surface area (Å²) in [5.41, 5.74) is 2.04. The van der Waals surface area contributed by atoms with Crippen molar-refractivity contribution in [2.24, 2.45) is 0 Å². The number of benzene rings is 1. The molecule has 2 fully saturated rings. The zero-order valence-electron chi connectivity index (χ0n) is 16.5. The van der Waals surface area contributed by atoms with Crippen molar-refractivity contribution < 1.29 is 14.3 Å². The third kappa shape index (κ3) is 6.57. The van der Waals surface area contributed by atoms with Gasteiger partial charge in [0.1, 0.15) is 0 Å². The van der Waals surface area contributed by atoms with E-state index in [1.807, 2.05) is 12.1 Å². The molecular weight excluding hydrogens is 415 g/mol. The predicted molar refractivity (Wildman–Crippen MR) is 120 cm³/mol. The largest absolute Gasteiger partial charge is 0.379 e. The number of hydrogen-bond acceptors (Lipinski definition) is 5. The molecule has 2 saturated heterocycles. The van der Waals surface area contributed by atoms with Crippen LogP contribution in [0.1, 0.15) is 6.42 Å². The SMILES string of the molecule is Cl.Cl.O=C(CC1COCCN1)Nc1ccc2c(ccn2CCN2CCOCC2)c1. The van der Waals surface area contributed by atoms with Gasteiger partial charge in [-0.3, -0.25) is 9.69 Å². The van der Waals surface area contributed by atoms with Gasteiger partial charge in [0.2, 0.25) is 5.91 Å². The molecule has 2 aliphatic heterocycles. The molecule has 1 aromatic carbocycles. The van der Waals surface area contributed by atoms with Crippen LogP contribution in [-0.4, -0.2) is 74.0 Å². The fraction of sp³-hybridized carbons (Fsp3) is 0.550. The van der Waals surface area contributed by atoms with Crippen LogP contribution >= 0.6 is 24.8 Å². The summed E-state index contributed by atoms with van der Waals surface area (Å²) in [5.74, 6) is 0.0177. The minimum atomic E-state index is 0. The molecule has 0 spiro atoms. The zero-order valence-corrected chi connectivity index (χ0v) is 18.1. The maximum absolute atomic E-state index is 12.3. The Labute approximate surface area is 183 Å². The van der Waals surface area contributed by atoms with Gasteiger partial charge in [-0.25, -0.2) is 0 Å². The second-order valence-electron chi connectivity index (χ2n) is 7.22. The summed E-state index contributed by atoms with van der Waals surface area (Å²) in [6.45, 7) is 7.80. The quantitative estimate of drug-likeness (QED) is 0.713. The lowest BCUT2D eigenvalue weighted by atomic mass is 10.2. The maximum atomic E-state index is 12.3. The first-order chi connectivity index (χ1) is 13.3. The number of halogens is 2. The number of aromatic nitrogens is 1. The highest BCUT2D eigenvalue weighted by Gasteiger charge is 2.17. The molecule has 1 unspecified atom stereocenters. The predicted octanol–water partition coefficient (Wildman–Crippen LogP) is 2.13. The van der Waals surface area contributed by atoms with E-state index in [0.29, 0.717) is 13.0 Å². The molecular formula is C20H30Cl2N4O3. The van der Waals surface area contributed by atoms with Gasteiger partial charge < -0.3 is 24.7 Å². The number of amides is 1. The van der Waals surface area contributed by atoms with Crippen LogP contribution in [0.15, 0.2) is 30.5 Å². The molecule has 9 heteroatoms. The zero-order chi connectivity index (χ0) is 18.5. The van der Waals surface area contributed by atoms with E-state index in [9.17, 15) is 4.79 Å². The fourth-order valence-corrected chi connectivity index (χ4v) is 3.73. The normalized spacial score (nSPS) is 19.9. The highest BCUT2D eigenvalue weighted by Crippen LogP contribution is 2.21. The average Bonchev–Trinajstić information content (AvgIpc) is 3.10. The van der Waals surface area contributed by atoms with E-state index >= 15 is 0 Å². The summed E-state index contributed by atoms with van der Waals surface area (Å²) in [7, 11) is 0. The van der Waals surface area contributed by atoms with E-state index in [1.54, 1.807) is 0 Å². The minimum absolute atomic E-state index is 0. The van der Waals surface area contributed by atoms with Crippen LogP contribution in [0.25, 0.3) is 10.9 Å². The second kappa shape index (κ2) is 11.7. The van der Waals surface area contributed by atoms with E-state index in [2.05, 4.69) is 38.4 Å². The summed E-state index contributed by atoms with van der Waals surface area (Å²) in [4.78, 5) is 14.7. The average molecular weight is 445 g/mol. The second-order valence-corrected chi connectivity index (χ2v) is 7.22. The molecule has 162 valence electrons. The highest BCUT2D eigenvalue weighted by atomic mass is 35.5. The molecule has 1 amide bonds. The lowest BCUT2D eigenvalue weighted by molar-refractivity contribution is -0.117. The van der Waals surface area contributed by atoms with Crippen LogP contribution in [0, 0.1) is 0 Å². The molecule has 2 aliphatic rings. The van der Waals surface area contributed by atoms with Crippen LogP contribution in [0.5, 0.6) is 0 Å². The molecule has 0 radical (unpaired) electrons. The summed E-state index contributed by atoms with van der Waals surface area (Å²) in [6.07, 6.45) is 2.55. The van der Waals surface area contributed by atoms with Crippen LogP contribution in [0.3, 0.4) is 0 Å². The van der Waals surface area contributed by atoms with Crippen molar-refractivity contribution in [3.05, 3.63) is 30.5 Å². The molecule has 0 bridgehead atoms. The van der Waals surface area contributed by atoms with Crippen LogP contribution in [0.4, 0.5) is 5.69 Å². The van der Waals surface area contributed by atoms with Crippen molar-refractivity contribution in [3.8, 4) is 0 Å². The van der Waals surface area contributed by atoms with Crippen LogP contribution in [0.2, 0.25) is 0 Å². The number of anilines is 1. The Morgan fingerprint density at radius 2 is 1.93 bits per heavy atom. The first-order valence-electron chi connectivity index (χ1n) is 9.78. The standard InChI is InChI=1S/C20H28N4O3.2ClH/c25-20(14-18-15-27-10-4-21-18)22-17-1-2-19-16(13-17)3-5-24(19)7-6-23-8-11-26-12-9-23;;/h1-3,5,13,18,21H,4,6-12,14-15H2,(H,22,25);2*1H. The number of fused-ring (bicyclic) bond motifs is 1. The Bertz CT molecular complexity index is 774. The number of ether oxygens (including phenoxy) is 2. The summed E-state index contributed by atoms with van der Waals surface area (Å²) >= 11 is 0. The van der Waals surface area contributed by atoms with E-state index in [4.69, 9.17) is 9.47 Å². The highest BCUT2D eigenvalue weighted by molar-refractivity contribution is 5.94. The Kier molecular flexibility index (Phi) is 9.68. The van der Waals surface area contributed by atoms with Crippen molar-refractivity contribution in [2.45, 2.75) is 19.0 Å². The molecule has 0 saturated carbocycles. The van der Waals surface area contributed by atoms with Gasteiger partial charge in [0, 0.05) is 68.0 Å². The molecule has 7 nitrogen and oxygen atoms in total. The number of morpholine rings is 2. The third-order valence-electron chi connectivity index (χ3n) is 5.25. The Morgan fingerprint density at radius 3 is 2.69 bits per heavy atom. The monoisotopic (exact) mass is 444 g/mol. The van der Waals surface area contributed by atoms with Crippen LogP contribution < -0.4 is 10.6 Å². The van der Waals surface area contributed by atoms with Crippen molar-refractivity contribution >= 4 is 47.3 Å². The van der Waals surface area contributed by atoms with Gasteiger partial charge >= 0.3 is 0 Å². The molecule has 3 heterocycles. The van der Waals surface area contributed by atoms with Gasteiger partial charge in [-0.2, -0.15) is 0 Å². The van der Waals surface area contributed by atoms with Gasteiger partial charge in [-0.1, -0.05) is 0 Å². The fourth-order valence-electron chi connectivity index (χ4n) is 3.73. The number of hydrogen-bond donors (Lipinski definition) is 2. The molecule has 2 N–H and O–H groups in total. The maximum Gasteiger partial charge on any atom is 0.226 e. The molecule has 29 heavy (non-hydrogen) atoms. The first kappa shape index (κ1) is 23.9. The number of rotatable bonds is 6. The van der Waals surface area contributed by atoms with Crippen molar-refractivity contribution in [2.75, 3.05) is 57.9 Å². The Morgan fingerprint density at radius 1 is 1.10 bits per heavy atom. The topological polar surface area (TPSA) is 67.8 Å². The lowest BCUT2D eigenvalue weighted by Crippen LogP contribution is -2.43. The molecule has 1 atom stereocenters. The number of carbonyl (C=O) groups excluding carboxylic acids is 1. The number of nitrogens with zero attached hydrogens (tertiary/aromatic N) is 2. The van der Waals surface area contributed by atoms with Crippen molar-refractivity contribution in [1.29, 1.82) is 0 Å². The van der Waals surface area contributed by atoms with Gasteiger partial charge in [0.15, 0.2) is 0 Å². The van der Waals surface area contributed by atoms with Gasteiger partial charge in [-0.05, 0) is 24.3 Å². The number of carbonyl (C=O) groups is 1. The summed E-state index contributed by atoms with van der Waals surface area (Å²) in [5, 5.41) is 7.46. The third-order valence-corrected chi connectivity index (χ3v) is 5.25. The first-order valence-corrected chi connectivity index (χ1v) is 9.78. The van der Waals surface area contributed by atoms with Gasteiger partial charge in [0.05, 0.1) is 26.4 Å². The molecule has 1 aromatic heterocycles. The van der Waals surface area contributed by atoms with Crippen molar-refractivity contribution in [1.82, 2.24) is 14.8 Å². The van der Waals surface area contributed by atoms with Crippen molar-refractivity contribution in [3.63, 3.8) is 0 Å². The Balaban J connectivity index is 0.00000150. The molecule has 0 aliphatic carbocycles. The van der Waals surface area contributed by atoms with Gasteiger partial charge in [0.25, 0.3) is 0 Å². The van der Waals surface area contributed by atoms with Crippen LogP contribution in [-0.2, 0) is 20.8 Å². The molecule has 2 aromatic rings. The van der Waals surface area contributed by atoms with E-state index in [1.165, 1.54) is 5.52 Å².